The van der Waals surface area contributed by atoms with E-state index in [9.17, 15) is 0 Å². The molecule has 4 N–H and O–H groups in total. The lowest BCUT2D eigenvalue weighted by molar-refractivity contribution is 0.374. The van der Waals surface area contributed by atoms with Crippen molar-refractivity contribution >= 4 is 11.5 Å². The molecular formula is C13H12N4O2. The molecular weight excluding hydrogens is 244 g/mol. The molecule has 0 unspecified atom stereocenters. The van der Waals surface area contributed by atoms with Crippen molar-refractivity contribution < 1.29 is 9.47 Å². The van der Waals surface area contributed by atoms with Crippen LogP contribution in [-0.4, -0.2) is 12.1 Å². The first kappa shape index (κ1) is 12.5. The average molecular weight is 256 g/mol. The molecule has 0 fully saturated rings. The molecule has 0 atom stereocenters. The van der Waals surface area contributed by atoms with E-state index in [-0.39, 0.29) is 22.9 Å². The van der Waals surface area contributed by atoms with Gasteiger partial charge in [-0.25, -0.2) is 0 Å². The van der Waals surface area contributed by atoms with Gasteiger partial charge in [0.15, 0.2) is 11.5 Å². The highest BCUT2D eigenvalue weighted by atomic mass is 16.5. The summed E-state index contributed by atoms with van der Waals surface area (Å²) in [5.41, 5.74) is 11.7. The molecule has 0 spiro atoms. The van der Waals surface area contributed by atoms with E-state index < -0.39 is 0 Å². The topological polar surface area (TPSA) is 107 Å². The predicted molar refractivity (Wildman–Crippen MR) is 70.8 cm³/mol. The Kier molecular flexibility index (Phi) is 3.39. The molecule has 0 saturated heterocycles. The molecule has 0 amide bonds. The fourth-order valence-corrected chi connectivity index (χ4v) is 1.55. The summed E-state index contributed by atoms with van der Waals surface area (Å²) in [6.07, 6.45) is 0. The average Bonchev–Trinajstić information content (AvgIpc) is 2.39. The van der Waals surface area contributed by atoms with E-state index >= 15 is 0 Å². The summed E-state index contributed by atoms with van der Waals surface area (Å²) >= 11 is 0. The highest BCUT2D eigenvalue weighted by Gasteiger charge is 2.13. The summed E-state index contributed by atoms with van der Waals surface area (Å²) in [5.74, 6) is 1.19. The van der Waals surface area contributed by atoms with Gasteiger partial charge in [-0.1, -0.05) is 12.1 Å². The lowest BCUT2D eigenvalue weighted by Crippen LogP contribution is -2.01. The summed E-state index contributed by atoms with van der Waals surface area (Å²) < 4.78 is 10.7. The predicted octanol–water partition coefficient (Wildman–Crippen LogP) is 1.92. The molecule has 0 radical (unpaired) electrons. The lowest BCUT2D eigenvalue weighted by Gasteiger charge is -2.11. The Balaban J connectivity index is 2.47. The number of benzene rings is 1. The zero-order chi connectivity index (χ0) is 13.8. The maximum atomic E-state index is 9.07. The quantitative estimate of drug-likeness (QED) is 0.868. The zero-order valence-corrected chi connectivity index (χ0v) is 10.3. The number of pyridine rings is 1. The van der Waals surface area contributed by atoms with E-state index in [0.29, 0.717) is 11.5 Å². The van der Waals surface area contributed by atoms with Gasteiger partial charge >= 0.3 is 0 Å². The maximum Gasteiger partial charge on any atom is 0.241 e. The number of nitrogens with zero attached hydrogens (tertiary/aromatic N) is 2. The Hall–Kier alpha value is -2.94. The minimum absolute atomic E-state index is 0.0597. The molecule has 2 aromatic rings. The summed E-state index contributed by atoms with van der Waals surface area (Å²) in [5, 5.41) is 9.07. The summed E-state index contributed by atoms with van der Waals surface area (Å²) in [6, 6.07) is 10.4. The van der Waals surface area contributed by atoms with Gasteiger partial charge in [0, 0.05) is 6.07 Å². The third kappa shape index (κ3) is 2.50. The van der Waals surface area contributed by atoms with Gasteiger partial charge in [-0.2, -0.15) is 10.2 Å². The minimum Gasteiger partial charge on any atom is -0.493 e. The molecule has 1 aromatic heterocycles. The molecule has 6 heteroatoms. The molecule has 96 valence electrons. The molecule has 0 aliphatic heterocycles. The van der Waals surface area contributed by atoms with Crippen LogP contribution in [0.25, 0.3) is 0 Å². The fourth-order valence-electron chi connectivity index (χ4n) is 1.55. The molecule has 0 saturated carbocycles. The number of methoxy groups -OCH3 is 1. The molecule has 2 rings (SSSR count). The van der Waals surface area contributed by atoms with Crippen molar-refractivity contribution in [3.63, 3.8) is 0 Å². The van der Waals surface area contributed by atoms with Gasteiger partial charge in [-0.05, 0) is 12.1 Å². The van der Waals surface area contributed by atoms with E-state index in [4.69, 9.17) is 26.2 Å². The normalized spacial score (nSPS) is 9.68. The summed E-state index contributed by atoms with van der Waals surface area (Å²) in [7, 11) is 1.52. The SMILES string of the molecule is COc1ccccc1Oc1nc(N)cc(N)c1C#N. The molecule has 1 aromatic carbocycles. The van der Waals surface area contributed by atoms with Gasteiger partial charge in [0.05, 0.1) is 12.8 Å². The van der Waals surface area contributed by atoms with Gasteiger partial charge in [0.2, 0.25) is 5.88 Å². The van der Waals surface area contributed by atoms with Crippen LogP contribution in [-0.2, 0) is 0 Å². The first-order valence-electron chi connectivity index (χ1n) is 5.42. The number of aromatic nitrogens is 1. The monoisotopic (exact) mass is 256 g/mol. The number of hydrogen-bond acceptors (Lipinski definition) is 6. The van der Waals surface area contributed by atoms with Crippen LogP contribution in [0.5, 0.6) is 17.4 Å². The fraction of sp³-hybridized carbons (Fsp3) is 0.0769. The van der Waals surface area contributed by atoms with Crippen molar-refractivity contribution in [3.05, 3.63) is 35.9 Å². The van der Waals surface area contributed by atoms with Crippen molar-refractivity contribution in [3.8, 4) is 23.4 Å². The van der Waals surface area contributed by atoms with Gasteiger partial charge in [0.25, 0.3) is 0 Å². The molecule has 6 nitrogen and oxygen atoms in total. The smallest absolute Gasteiger partial charge is 0.241 e. The Bertz CT molecular complexity index is 650. The number of rotatable bonds is 3. The number of ether oxygens (including phenoxy) is 2. The van der Waals surface area contributed by atoms with E-state index in [1.54, 1.807) is 24.3 Å². The second-order valence-corrected chi connectivity index (χ2v) is 3.68. The first-order chi connectivity index (χ1) is 9.15. The van der Waals surface area contributed by atoms with Crippen molar-refractivity contribution in [2.75, 3.05) is 18.6 Å². The van der Waals surface area contributed by atoms with Crippen LogP contribution in [0.2, 0.25) is 0 Å². The molecule has 19 heavy (non-hydrogen) atoms. The molecule has 0 aliphatic rings. The Labute approximate surface area is 110 Å². The van der Waals surface area contributed by atoms with Crippen LogP contribution in [0.1, 0.15) is 5.56 Å². The second kappa shape index (κ2) is 5.14. The number of para-hydroxylation sites is 2. The zero-order valence-electron chi connectivity index (χ0n) is 10.3. The van der Waals surface area contributed by atoms with Crippen molar-refractivity contribution in [2.24, 2.45) is 0 Å². The standard InChI is InChI=1S/C13H12N4O2/c1-18-10-4-2-3-5-11(10)19-13-8(7-14)9(15)6-12(16)17-13/h2-6H,1H3,(H4,15,16,17). The third-order valence-corrected chi connectivity index (χ3v) is 2.42. The van der Waals surface area contributed by atoms with Crippen LogP contribution in [0.4, 0.5) is 11.5 Å². The Morgan fingerprint density at radius 1 is 1.21 bits per heavy atom. The third-order valence-electron chi connectivity index (χ3n) is 2.42. The van der Waals surface area contributed by atoms with Gasteiger partial charge in [-0.3, -0.25) is 0 Å². The molecule has 1 heterocycles. The van der Waals surface area contributed by atoms with Crippen LogP contribution in [0.15, 0.2) is 30.3 Å². The summed E-state index contributed by atoms with van der Waals surface area (Å²) in [6.45, 7) is 0. The van der Waals surface area contributed by atoms with Crippen molar-refractivity contribution in [1.82, 2.24) is 4.98 Å². The van der Waals surface area contributed by atoms with E-state index in [1.807, 2.05) is 6.07 Å². The Morgan fingerprint density at radius 2 is 1.89 bits per heavy atom. The van der Waals surface area contributed by atoms with Crippen LogP contribution in [0, 0.1) is 11.3 Å². The number of nitrogen functional groups attached to an aromatic ring is 2. The number of nitrogens with two attached hydrogens (primary N) is 2. The van der Waals surface area contributed by atoms with Crippen molar-refractivity contribution in [2.45, 2.75) is 0 Å². The van der Waals surface area contributed by atoms with E-state index in [2.05, 4.69) is 4.98 Å². The van der Waals surface area contributed by atoms with E-state index in [0.717, 1.165) is 0 Å². The van der Waals surface area contributed by atoms with Crippen LogP contribution in [0.3, 0.4) is 0 Å². The minimum atomic E-state index is 0.0597. The first-order valence-corrected chi connectivity index (χ1v) is 5.42. The van der Waals surface area contributed by atoms with E-state index in [1.165, 1.54) is 13.2 Å². The highest BCUT2D eigenvalue weighted by molar-refractivity contribution is 5.63. The van der Waals surface area contributed by atoms with Crippen LogP contribution < -0.4 is 20.9 Å². The largest absolute Gasteiger partial charge is 0.493 e. The van der Waals surface area contributed by atoms with Gasteiger partial charge in [-0.15, -0.1) is 0 Å². The second-order valence-electron chi connectivity index (χ2n) is 3.68. The Morgan fingerprint density at radius 3 is 2.53 bits per heavy atom. The molecule has 0 bridgehead atoms. The molecule has 0 aliphatic carbocycles. The lowest BCUT2D eigenvalue weighted by atomic mass is 10.2. The van der Waals surface area contributed by atoms with Gasteiger partial charge < -0.3 is 20.9 Å². The van der Waals surface area contributed by atoms with Gasteiger partial charge in [0.1, 0.15) is 17.5 Å². The van der Waals surface area contributed by atoms with Crippen LogP contribution >= 0.6 is 0 Å². The highest BCUT2D eigenvalue weighted by Crippen LogP contribution is 2.33. The number of hydrogen-bond donors (Lipinski definition) is 2. The maximum absolute atomic E-state index is 9.07. The van der Waals surface area contributed by atoms with Crippen molar-refractivity contribution in [1.29, 1.82) is 5.26 Å². The number of nitriles is 1. The number of anilines is 2. The summed E-state index contributed by atoms with van der Waals surface area (Å²) in [4.78, 5) is 3.97.